The van der Waals surface area contributed by atoms with E-state index in [4.69, 9.17) is 4.74 Å². The summed E-state index contributed by atoms with van der Waals surface area (Å²) < 4.78 is 5.26. The van der Waals surface area contributed by atoms with Crippen molar-refractivity contribution < 1.29 is 24.0 Å². The standard InChI is InChI=1S/C19H19N5O6/c25-17(22-10-13-3-6-20-7-4-13)5-8-21-18(26)11-23-15-9-14(24(28)29)1-2-16(15)30-12-19(23)27/h1-4,6-7,9H,5,8,10-12H2,(H,21,26)(H,22,25). The summed E-state index contributed by atoms with van der Waals surface area (Å²) >= 11 is 0. The number of non-ortho nitro benzene ring substituents is 1. The zero-order valence-corrected chi connectivity index (χ0v) is 15.9. The fourth-order valence-electron chi connectivity index (χ4n) is 2.78. The van der Waals surface area contributed by atoms with Gasteiger partial charge in [0.15, 0.2) is 6.61 Å². The van der Waals surface area contributed by atoms with Crippen molar-refractivity contribution in [1.82, 2.24) is 15.6 Å². The van der Waals surface area contributed by atoms with Gasteiger partial charge in [-0.05, 0) is 23.8 Å². The Bertz CT molecular complexity index is 965. The van der Waals surface area contributed by atoms with Crippen LogP contribution in [0.1, 0.15) is 12.0 Å². The van der Waals surface area contributed by atoms with Gasteiger partial charge in [-0.25, -0.2) is 0 Å². The summed E-state index contributed by atoms with van der Waals surface area (Å²) in [6.07, 6.45) is 3.32. The molecular formula is C19H19N5O6. The van der Waals surface area contributed by atoms with Crippen molar-refractivity contribution in [2.24, 2.45) is 0 Å². The van der Waals surface area contributed by atoms with Crippen LogP contribution in [0.2, 0.25) is 0 Å². The lowest BCUT2D eigenvalue weighted by Gasteiger charge is -2.28. The summed E-state index contributed by atoms with van der Waals surface area (Å²) in [5.74, 6) is -0.947. The van der Waals surface area contributed by atoms with Gasteiger partial charge in [-0.2, -0.15) is 0 Å². The molecule has 11 heteroatoms. The molecule has 11 nitrogen and oxygen atoms in total. The number of nitro benzene ring substituents is 1. The average Bonchev–Trinajstić information content (AvgIpc) is 2.74. The van der Waals surface area contributed by atoms with Crippen molar-refractivity contribution in [3.63, 3.8) is 0 Å². The average molecular weight is 413 g/mol. The van der Waals surface area contributed by atoms with Crippen LogP contribution in [0.25, 0.3) is 0 Å². The third kappa shape index (κ3) is 5.28. The van der Waals surface area contributed by atoms with Crippen molar-refractivity contribution in [3.05, 3.63) is 58.4 Å². The second kappa shape index (κ2) is 9.45. The van der Waals surface area contributed by atoms with Crippen molar-refractivity contribution in [2.45, 2.75) is 13.0 Å². The molecule has 1 aromatic heterocycles. The summed E-state index contributed by atoms with van der Waals surface area (Å²) in [6.45, 7) is -0.168. The molecule has 0 atom stereocenters. The number of ether oxygens (including phenoxy) is 1. The Hall–Kier alpha value is -4.02. The number of carbonyl (C=O) groups excluding carboxylic acids is 3. The number of pyridine rings is 1. The minimum atomic E-state index is -0.595. The summed E-state index contributed by atoms with van der Waals surface area (Å²) in [7, 11) is 0. The first-order valence-corrected chi connectivity index (χ1v) is 9.08. The number of fused-ring (bicyclic) bond motifs is 1. The Morgan fingerprint density at radius 2 is 1.93 bits per heavy atom. The fraction of sp³-hybridized carbons (Fsp3) is 0.263. The number of nitrogens with one attached hydrogen (secondary N) is 2. The number of hydrogen-bond acceptors (Lipinski definition) is 7. The van der Waals surface area contributed by atoms with Crippen LogP contribution in [0.5, 0.6) is 5.75 Å². The molecule has 0 saturated heterocycles. The van der Waals surface area contributed by atoms with E-state index in [1.54, 1.807) is 24.5 Å². The van der Waals surface area contributed by atoms with Gasteiger partial charge in [0.05, 0.1) is 10.6 Å². The van der Waals surface area contributed by atoms with Gasteiger partial charge in [0, 0.05) is 44.0 Å². The minimum absolute atomic E-state index is 0.0654. The van der Waals surface area contributed by atoms with Gasteiger partial charge < -0.3 is 15.4 Å². The monoisotopic (exact) mass is 413 g/mol. The first kappa shape index (κ1) is 20.7. The second-order valence-electron chi connectivity index (χ2n) is 6.41. The quantitative estimate of drug-likeness (QED) is 0.475. The van der Waals surface area contributed by atoms with Crippen LogP contribution < -0.4 is 20.3 Å². The van der Waals surface area contributed by atoms with E-state index in [-0.39, 0.29) is 49.1 Å². The predicted octanol–water partition coefficient (Wildman–Crippen LogP) is 0.538. The number of carbonyl (C=O) groups is 3. The van der Waals surface area contributed by atoms with E-state index in [0.717, 1.165) is 10.5 Å². The Morgan fingerprint density at radius 1 is 1.17 bits per heavy atom. The van der Waals surface area contributed by atoms with Crippen LogP contribution in [-0.4, -0.2) is 47.3 Å². The maximum atomic E-state index is 12.2. The summed E-state index contributed by atoms with van der Waals surface area (Å²) in [4.78, 5) is 51.7. The lowest BCUT2D eigenvalue weighted by Crippen LogP contribution is -2.45. The highest BCUT2D eigenvalue weighted by Crippen LogP contribution is 2.35. The number of nitro groups is 1. The molecule has 0 spiro atoms. The minimum Gasteiger partial charge on any atom is -0.482 e. The zero-order chi connectivity index (χ0) is 21.5. The van der Waals surface area contributed by atoms with E-state index in [2.05, 4.69) is 15.6 Å². The maximum absolute atomic E-state index is 12.2. The molecule has 0 radical (unpaired) electrons. The highest BCUT2D eigenvalue weighted by Gasteiger charge is 2.29. The van der Waals surface area contributed by atoms with Gasteiger partial charge in [-0.15, -0.1) is 0 Å². The topological polar surface area (TPSA) is 144 Å². The lowest BCUT2D eigenvalue weighted by molar-refractivity contribution is -0.384. The molecule has 30 heavy (non-hydrogen) atoms. The number of nitrogens with zero attached hydrogens (tertiary/aromatic N) is 3. The molecule has 2 aromatic rings. The molecule has 3 amide bonds. The fourth-order valence-corrected chi connectivity index (χ4v) is 2.78. The van der Waals surface area contributed by atoms with Gasteiger partial charge in [-0.1, -0.05) is 0 Å². The number of rotatable bonds is 8. The zero-order valence-electron chi connectivity index (χ0n) is 15.9. The molecular weight excluding hydrogens is 394 g/mol. The summed E-state index contributed by atoms with van der Waals surface area (Å²) in [5, 5.41) is 16.3. The molecule has 3 rings (SSSR count). The molecule has 0 fully saturated rings. The van der Waals surface area contributed by atoms with E-state index in [9.17, 15) is 24.5 Å². The largest absolute Gasteiger partial charge is 0.482 e. The highest BCUT2D eigenvalue weighted by atomic mass is 16.6. The lowest BCUT2D eigenvalue weighted by atomic mass is 10.2. The number of amides is 3. The van der Waals surface area contributed by atoms with E-state index in [1.165, 1.54) is 18.2 Å². The van der Waals surface area contributed by atoms with Gasteiger partial charge >= 0.3 is 0 Å². The molecule has 1 aliphatic heterocycles. The van der Waals surface area contributed by atoms with Gasteiger partial charge in [0.1, 0.15) is 12.3 Å². The van der Waals surface area contributed by atoms with E-state index in [0.29, 0.717) is 6.54 Å². The van der Waals surface area contributed by atoms with Crippen LogP contribution >= 0.6 is 0 Å². The van der Waals surface area contributed by atoms with Crippen LogP contribution in [-0.2, 0) is 20.9 Å². The third-order valence-corrected chi connectivity index (χ3v) is 4.31. The van der Waals surface area contributed by atoms with Crippen molar-refractivity contribution >= 4 is 29.1 Å². The second-order valence-corrected chi connectivity index (χ2v) is 6.41. The number of hydrogen-bond donors (Lipinski definition) is 2. The maximum Gasteiger partial charge on any atom is 0.271 e. The predicted molar refractivity (Wildman–Crippen MR) is 105 cm³/mol. The van der Waals surface area contributed by atoms with E-state index in [1.807, 2.05) is 0 Å². The molecule has 0 saturated carbocycles. The molecule has 2 N–H and O–H groups in total. The van der Waals surface area contributed by atoms with E-state index >= 15 is 0 Å². The first-order chi connectivity index (χ1) is 14.4. The van der Waals surface area contributed by atoms with Crippen LogP contribution in [0, 0.1) is 10.1 Å². The Kier molecular flexibility index (Phi) is 6.53. The summed E-state index contributed by atoms with van der Waals surface area (Å²) in [6, 6.07) is 7.40. The Morgan fingerprint density at radius 3 is 2.67 bits per heavy atom. The number of aromatic nitrogens is 1. The van der Waals surface area contributed by atoms with Crippen LogP contribution in [0.4, 0.5) is 11.4 Å². The summed E-state index contributed by atoms with van der Waals surface area (Å²) in [5.41, 5.74) is 0.843. The van der Waals surface area contributed by atoms with Crippen molar-refractivity contribution in [3.8, 4) is 5.75 Å². The van der Waals surface area contributed by atoms with Gasteiger partial charge in [-0.3, -0.25) is 34.4 Å². The van der Waals surface area contributed by atoms with Gasteiger partial charge in [0.2, 0.25) is 11.8 Å². The molecule has 1 aliphatic rings. The van der Waals surface area contributed by atoms with Crippen molar-refractivity contribution in [2.75, 3.05) is 24.6 Å². The number of anilines is 1. The van der Waals surface area contributed by atoms with Gasteiger partial charge in [0.25, 0.3) is 11.6 Å². The molecule has 1 aromatic carbocycles. The van der Waals surface area contributed by atoms with Crippen LogP contribution in [0.15, 0.2) is 42.7 Å². The Balaban J connectivity index is 1.50. The number of benzene rings is 1. The highest BCUT2D eigenvalue weighted by molar-refractivity contribution is 6.02. The third-order valence-electron chi connectivity index (χ3n) is 4.31. The Labute approximate surface area is 171 Å². The molecule has 0 unspecified atom stereocenters. The van der Waals surface area contributed by atoms with Crippen LogP contribution in [0.3, 0.4) is 0 Å². The van der Waals surface area contributed by atoms with Crippen molar-refractivity contribution in [1.29, 1.82) is 0 Å². The molecule has 0 bridgehead atoms. The smallest absolute Gasteiger partial charge is 0.271 e. The normalized spacial score (nSPS) is 12.5. The molecule has 156 valence electrons. The molecule has 2 heterocycles. The molecule has 0 aliphatic carbocycles. The van der Waals surface area contributed by atoms with E-state index < -0.39 is 16.7 Å². The first-order valence-electron chi connectivity index (χ1n) is 9.08. The SMILES string of the molecule is O=C(CCNC(=O)CN1C(=O)COc2ccc([N+](=O)[O-])cc21)NCc1ccncc1.